The molecule has 4 nitrogen and oxygen atoms in total. The van der Waals surface area contributed by atoms with Crippen LogP contribution in [0.3, 0.4) is 0 Å². The Bertz CT molecular complexity index is 689. The van der Waals surface area contributed by atoms with Crippen LogP contribution < -0.4 is 0 Å². The number of hydrogen-bond donors (Lipinski definition) is 1. The molecular formula is C36H62O4. The Kier molecular flexibility index (Phi) is 29.8. The molecule has 0 heterocycles. The number of carbonyl (C=O) groups excluding carboxylic acids is 1. The predicted molar refractivity (Wildman–Crippen MR) is 172 cm³/mol. The van der Waals surface area contributed by atoms with Crippen LogP contribution >= 0.6 is 0 Å². The molecule has 0 spiro atoms. The van der Waals surface area contributed by atoms with Gasteiger partial charge in [-0.2, -0.15) is 0 Å². The minimum atomic E-state index is -0.756. The molecule has 0 rings (SSSR count). The molecular weight excluding hydrogens is 496 g/mol. The van der Waals surface area contributed by atoms with E-state index >= 15 is 0 Å². The van der Waals surface area contributed by atoms with Gasteiger partial charge in [-0.25, -0.2) is 0 Å². The Morgan fingerprint density at radius 1 is 0.550 bits per heavy atom. The normalized spacial score (nSPS) is 12.8. The van der Waals surface area contributed by atoms with Crippen molar-refractivity contribution in [3.8, 4) is 0 Å². The van der Waals surface area contributed by atoms with E-state index in [1.807, 2.05) is 0 Å². The first-order chi connectivity index (χ1) is 19.6. The summed E-state index contributed by atoms with van der Waals surface area (Å²) in [5.41, 5.74) is 0. The smallest absolute Gasteiger partial charge is 0.306 e. The van der Waals surface area contributed by atoms with Gasteiger partial charge in [0.05, 0.1) is 0 Å². The number of carboxylic acids is 1. The molecule has 0 aliphatic carbocycles. The summed E-state index contributed by atoms with van der Waals surface area (Å²) >= 11 is 0. The van der Waals surface area contributed by atoms with Gasteiger partial charge in [0, 0.05) is 12.8 Å². The zero-order chi connectivity index (χ0) is 29.4. The van der Waals surface area contributed by atoms with Gasteiger partial charge in [-0.05, 0) is 77.0 Å². The average Bonchev–Trinajstić information content (AvgIpc) is 2.93. The van der Waals surface area contributed by atoms with Crippen molar-refractivity contribution in [1.29, 1.82) is 0 Å². The highest BCUT2D eigenvalue weighted by Gasteiger charge is 2.14. The molecule has 0 saturated heterocycles. The number of allylic oxidation sites excluding steroid dienone is 8. The maximum Gasteiger partial charge on any atom is 0.306 e. The van der Waals surface area contributed by atoms with Crippen molar-refractivity contribution >= 4 is 11.9 Å². The van der Waals surface area contributed by atoms with Gasteiger partial charge in [0.2, 0.25) is 0 Å². The van der Waals surface area contributed by atoms with E-state index in [-0.39, 0.29) is 18.5 Å². The summed E-state index contributed by atoms with van der Waals surface area (Å²) < 4.78 is 5.81. The van der Waals surface area contributed by atoms with Gasteiger partial charge >= 0.3 is 11.9 Å². The Hall–Kier alpha value is -2.10. The quantitative estimate of drug-likeness (QED) is 0.0563. The van der Waals surface area contributed by atoms with Crippen LogP contribution in [-0.4, -0.2) is 23.1 Å². The van der Waals surface area contributed by atoms with Crippen LogP contribution in [0.2, 0.25) is 0 Å². The van der Waals surface area contributed by atoms with E-state index < -0.39 is 5.97 Å². The van der Waals surface area contributed by atoms with Crippen molar-refractivity contribution in [2.75, 3.05) is 0 Å². The number of ether oxygens (including phenoxy) is 1. The molecule has 0 aromatic heterocycles. The molecule has 0 fully saturated rings. The molecule has 0 aliphatic rings. The molecule has 0 saturated carbocycles. The van der Waals surface area contributed by atoms with Gasteiger partial charge in [0.25, 0.3) is 0 Å². The molecule has 230 valence electrons. The maximum absolute atomic E-state index is 12.4. The molecule has 0 amide bonds. The highest BCUT2D eigenvalue weighted by Crippen LogP contribution is 2.17. The molecule has 1 atom stereocenters. The Labute approximate surface area is 247 Å². The molecule has 0 aromatic rings. The van der Waals surface area contributed by atoms with Gasteiger partial charge in [0.15, 0.2) is 0 Å². The van der Waals surface area contributed by atoms with Gasteiger partial charge in [0.1, 0.15) is 6.10 Å². The third-order valence-corrected chi connectivity index (χ3v) is 7.05. The average molecular weight is 559 g/mol. The Morgan fingerprint density at radius 2 is 1.00 bits per heavy atom. The number of carboxylic acid groups (broad SMARTS) is 1. The van der Waals surface area contributed by atoms with Crippen molar-refractivity contribution < 1.29 is 19.4 Å². The fraction of sp³-hybridized carbons (Fsp3) is 0.722. The zero-order valence-corrected chi connectivity index (χ0v) is 26.1. The van der Waals surface area contributed by atoms with E-state index in [9.17, 15) is 9.59 Å². The van der Waals surface area contributed by atoms with Crippen LogP contribution in [0.15, 0.2) is 48.6 Å². The lowest BCUT2D eigenvalue weighted by Crippen LogP contribution is -2.18. The second-order valence-electron chi connectivity index (χ2n) is 11.0. The lowest BCUT2D eigenvalue weighted by Gasteiger charge is -2.18. The first kappa shape index (κ1) is 37.9. The summed E-state index contributed by atoms with van der Waals surface area (Å²) in [6.07, 6.45) is 41.1. The predicted octanol–water partition coefficient (Wildman–Crippen LogP) is 11.2. The third kappa shape index (κ3) is 30.4. The third-order valence-electron chi connectivity index (χ3n) is 7.05. The summed E-state index contributed by atoms with van der Waals surface area (Å²) in [7, 11) is 0. The van der Waals surface area contributed by atoms with Crippen molar-refractivity contribution in [3.63, 3.8) is 0 Å². The van der Waals surface area contributed by atoms with Crippen molar-refractivity contribution in [2.24, 2.45) is 0 Å². The minimum Gasteiger partial charge on any atom is -0.481 e. The fourth-order valence-corrected chi connectivity index (χ4v) is 4.59. The number of unbranched alkanes of at least 4 members (excludes halogenated alkanes) is 12. The largest absolute Gasteiger partial charge is 0.481 e. The van der Waals surface area contributed by atoms with Crippen molar-refractivity contribution in [2.45, 2.75) is 168 Å². The van der Waals surface area contributed by atoms with Gasteiger partial charge in [-0.1, -0.05) is 120 Å². The van der Waals surface area contributed by atoms with E-state index in [2.05, 4.69) is 62.5 Å². The number of aliphatic carboxylic acids is 1. The highest BCUT2D eigenvalue weighted by molar-refractivity contribution is 5.69. The Balaban J connectivity index is 4.03. The molecule has 0 bridgehead atoms. The van der Waals surface area contributed by atoms with Crippen LogP contribution in [0.25, 0.3) is 0 Å². The molecule has 0 aromatic carbocycles. The molecule has 0 aliphatic heterocycles. The molecule has 1 unspecified atom stereocenters. The van der Waals surface area contributed by atoms with E-state index in [0.29, 0.717) is 12.8 Å². The Morgan fingerprint density at radius 3 is 1.55 bits per heavy atom. The summed E-state index contributed by atoms with van der Waals surface area (Å²) in [5.74, 6) is -0.868. The van der Waals surface area contributed by atoms with Crippen molar-refractivity contribution in [3.05, 3.63) is 48.6 Å². The number of carbonyl (C=O) groups is 2. The summed E-state index contributed by atoms with van der Waals surface area (Å²) in [6.45, 7) is 4.48. The number of hydrogen-bond acceptors (Lipinski definition) is 3. The first-order valence-electron chi connectivity index (χ1n) is 16.6. The summed E-state index contributed by atoms with van der Waals surface area (Å²) in [6, 6.07) is 0. The zero-order valence-electron chi connectivity index (χ0n) is 26.1. The lowest BCUT2D eigenvalue weighted by atomic mass is 10.0. The van der Waals surface area contributed by atoms with E-state index in [4.69, 9.17) is 9.84 Å². The molecule has 0 radical (unpaired) electrons. The second kappa shape index (κ2) is 31.4. The van der Waals surface area contributed by atoms with Crippen molar-refractivity contribution in [1.82, 2.24) is 0 Å². The van der Waals surface area contributed by atoms with E-state index in [1.165, 1.54) is 70.6 Å². The molecule has 4 heteroatoms. The number of rotatable bonds is 29. The minimum absolute atomic E-state index is 0.0714. The standard InChI is InChI=1S/C36H62O4/c1-3-5-7-9-11-13-14-15-16-17-18-19-20-21-23-25-27-33-36(39)40-34(31-28-29-32-35(37)38)30-26-24-22-12-10-8-6-4-2/h11,13,15-16,18-19,21,23,34H,3-10,12,14,17,20,22,24-33H2,1-2H3,(H,37,38)/b13-11-,16-15-,19-18-,23-21-. The molecule has 1 N–H and O–H groups in total. The van der Waals surface area contributed by atoms with Crippen LogP contribution in [0.5, 0.6) is 0 Å². The van der Waals surface area contributed by atoms with Crippen LogP contribution in [-0.2, 0) is 14.3 Å². The highest BCUT2D eigenvalue weighted by atomic mass is 16.5. The second-order valence-corrected chi connectivity index (χ2v) is 11.0. The van der Waals surface area contributed by atoms with Gasteiger partial charge < -0.3 is 9.84 Å². The summed E-state index contributed by atoms with van der Waals surface area (Å²) in [5, 5.41) is 8.88. The van der Waals surface area contributed by atoms with E-state index in [1.54, 1.807) is 0 Å². The summed E-state index contributed by atoms with van der Waals surface area (Å²) in [4.78, 5) is 23.2. The van der Waals surface area contributed by atoms with Gasteiger partial charge in [-0.15, -0.1) is 0 Å². The van der Waals surface area contributed by atoms with Crippen LogP contribution in [0.4, 0.5) is 0 Å². The van der Waals surface area contributed by atoms with E-state index in [0.717, 1.165) is 57.8 Å². The van der Waals surface area contributed by atoms with Crippen LogP contribution in [0, 0.1) is 0 Å². The SMILES string of the molecule is CCCCC/C=C\C/C=C\C/C=C\C/C=C\CCCC(=O)OC(CCCCCCCCCC)CCCCC(=O)O. The topological polar surface area (TPSA) is 63.6 Å². The van der Waals surface area contributed by atoms with Crippen LogP contribution in [0.1, 0.15) is 162 Å². The fourth-order valence-electron chi connectivity index (χ4n) is 4.59. The maximum atomic E-state index is 12.4. The number of esters is 1. The lowest BCUT2D eigenvalue weighted by molar-refractivity contribution is -0.150. The molecule has 40 heavy (non-hydrogen) atoms. The first-order valence-corrected chi connectivity index (χ1v) is 16.6. The van der Waals surface area contributed by atoms with Gasteiger partial charge in [-0.3, -0.25) is 9.59 Å². The monoisotopic (exact) mass is 558 g/mol.